The molecule has 1 atom stereocenters. The molecular formula is C17H20N4. The lowest BCUT2D eigenvalue weighted by Crippen LogP contribution is -2.24. The molecule has 1 fully saturated rings. The van der Waals surface area contributed by atoms with Gasteiger partial charge in [0.25, 0.3) is 0 Å². The van der Waals surface area contributed by atoms with Crippen LogP contribution in [0.2, 0.25) is 0 Å². The van der Waals surface area contributed by atoms with Gasteiger partial charge in [-0.15, -0.1) is 0 Å². The van der Waals surface area contributed by atoms with Gasteiger partial charge in [-0.05, 0) is 30.4 Å². The average Bonchev–Trinajstić information content (AvgIpc) is 3.32. The topological polar surface area (TPSA) is 49.8 Å². The van der Waals surface area contributed by atoms with E-state index >= 15 is 0 Å². The molecule has 2 aliphatic rings. The summed E-state index contributed by atoms with van der Waals surface area (Å²) in [7, 11) is 1.91. The van der Waals surface area contributed by atoms with Gasteiger partial charge < -0.3 is 10.6 Å². The van der Waals surface area contributed by atoms with E-state index in [4.69, 9.17) is 0 Å². The Morgan fingerprint density at radius 1 is 1.14 bits per heavy atom. The number of hydrogen-bond acceptors (Lipinski definition) is 4. The normalized spacial score (nSPS) is 19.6. The summed E-state index contributed by atoms with van der Waals surface area (Å²) in [5.74, 6) is 4.02. The highest BCUT2D eigenvalue weighted by Crippen LogP contribution is 2.39. The number of nitrogens with one attached hydrogen (secondary N) is 2. The lowest BCUT2D eigenvalue weighted by Gasteiger charge is -2.30. The van der Waals surface area contributed by atoms with Crippen molar-refractivity contribution in [2.45, 2.75) is 31.1 Å². The van der Waals surface area contributed by atoms with E-state index in [1.54, 1.807) is 0 Å². The monoisotopic (exact) mass is 280 g/mol. The van der Waals surface area contributed by atoms with Crippen molar-refractivity contribution in [3.63, 3.8) is 0 Å². The Balaban J connectivity index is 1.46. The summed E-state index contributed by atoms with van der Waals surface area (Å²) in [6.07, 6.45) is 3.62. The molecule has 1 heterocycles. The summed E-state index contributed by atoms with van der Waals surface area (Å²) in [4.78, 5) is 9.22. The first kappa shape index (κ1) is 12.6. The van der Waals surface area contributed by atoms with Gasteiger partial charge in [0.1, 0.15) is 17.5 Å². The second-order valence-corrected chi connectivity index (χ2v) is 6.00. The molecule has 108 valence electrons. The van der Waals surface area contributed by atoms with Crippen molar-refractivity contribution in [3.8, 4) is 0 Å². The highest BCUT2D eigenvalue weighted by molar-refractivity contribution is 5.49. The number of rotatable bonds is 5. The molecule has 2 aliphatic carbocycles. The van der Waals surface area contributed by atoms with Crippen LogP contribution in [0.15, 0.2) is 30.3 Å². The average molecular weight is 280 g/mol. The van der Waals surface area contributed by atoms with E-state index in [9.17, 15) is 0 Å². The van der Waals surface area contributed by atoms with Crippen LogP contribution in [0.1, 0.15) is 41.6 Å². The molecule has 1 saturated carbocycles. The fourth-order valence-corrected chi connectivity index (χ4v) is 2.98. The van der Waals surface area contributed by atoms with E-state index in [0.717, 1.165) is 24.0 Å². The second kappa shape index (κ2) is 5.02. The van der Waals surface area contributed by atoms with Gasteiger partial charge in [-0.3, -0.25) is 0 Å². The Labute approximate surface area is 125 Å². The maximum atomic E-state index is 4.67. The quantitative estimate of drug-likeness (QED) is 0.883. The van der Waals surface area contributed by atoms with E-state index in [-0.39, 0.29) is 0 Å². The molecule has 1 aromatic carbocycles. The van der Waals surface area contributed by atoms with Gasteiger partial charge in [0.05, 0.1) is 0 Å². The van der Waals surface area contributed by atoms with E-state index in [1.807, 2.05) is 13.1 Å². The number of nitrogens with zero attached hydrogens (tertiary/aromatic N) is 2. The molecule has 2 aromatic rings. The maximum absolute atomic E-state index is 4.67. The van der Waals surface area contributed by atoms with Gasteiger partial charge in [0.15, 0.2) is 0 Å². The molecule has 0 amide bonds. The lowest BCUT2D eigenvalue weighted by atomic mass is 9.77. The molecule has 0 bridgehead atoms. The highest BCUT2D eigenvalue weighted by Gasteiger charge is 2.28. The molecule has 2 N–H and O–H groups in total. The first-order chi connectivity index (χ1) is 10.3. The molecule has 4 nitrogen and oxygen atoms in total. The standard InChI is InChI=1S/C17H20N4/c1-18-15-9-16(21-17(20-15)11-6-7-11)19-10-13-8-12-4-2-3-5-14(12)13/h2-5,9,11,13H,6-8,10H2,1H3,(H2,18,19,20,21). The van der Waals surface area contributed by atoms with E-state index < -0.39 is 0 Å². The molecule has 0 aliphatic heterocycles. The molecule has 0 radical (unpaired) electrons. The predicted octanol–water partition coefficient (Wildman–Crippen LogP) is 3.15. The van der Waals surface area contributed by atoms with Crippen LogP contribution in [0.4, 0.5) is 11.6 Å². The summed E-state index contributed by atoms with van der Waals surface area (Å²) >= 11 is 0. The van der Waals surface area contributed by atoms with Gasteiger partial charge in [-0.2, -0.15) is 0 Å². The zero-order valence-electron chi connectivity index (χ0n) is 12.3. The summed E-state index contributed by atoms with van der Waals surface area (Å²) in [6.45, 7) is 0.946. The highest BCUT2D eigenvalue weighted by atomic mass is 15.1. The van der Waals surface area contributed by atoms with Gasteiger partial charge >= 0.3 is 0 Å². The number of hydrogen-bond donors (Lipinski definition) is 2. The van der Waals surface area contributed by atoms with Crippen molar-refractivity contribution in [3.05, 3.63) is 47.3 Å². The third-order valence-corrected chi connectivity index (χ3v) is 4.43. The SMILES string of the molecule is CNc1cc(NCC2Cc3ccccc32)nc(C2CC2)n1. The van der Waals surface area contributed by atoms with Crippen molar-refractivity contribution in [2.24, 2.45) is 0 Å². The van der Waals surface area contributed by atoms with E-state index in [0.29, 0.717) is 11.8 Å². The Morgan fingerprint density at radius 3 is 2.71 bits per heavy atom. The molecule has 4 heteroatoms. The van der Waals surface area contributed by atoms with Crippen molar-refractivity contribution in [2.75, 3.05) is 24.2 Å². The Hall–Kier alpha value is -2.10. The minimum atomic E-state index is 0.572. The number of aromatic nitrogens is 2. The Kier molecular flexibility index (Phi) is 3.02. The maximum Gasteiger partial charge on any atom is 0.136 e. The zero-order valence-corrected chi connectivity index (χ0v) is 12.3. The first-order valence-electron chi connectivity index (χ1n) is 7.72. The Morgan fingerprint density at radius 2 is 1.95 bits per heavy atom. The molecular weight excluding hydrogens is 260 g/mol. The van der Waals surface area contributed by atoms with Gasteiger partial charge in [0.2, 0.25) is 0 Å². The van der Waals surface area contributed by atoms with Crippen LogP contribution in [0.3, 0.4) is 0 Å². The third kappa shape index (κ3) is 2.46. The summed E-state index contributed by atoms with van der Waals surface area (Å²) < 4.78 is 0. The van der Waals surface area contributed by atoms with Crippen LogP contribution in [0.25, 0.3) is 0 Å². The van der Waals surface area contributed by atoms with Crippen molar-refractivity contribution >= 4 is 11.6 Å². The van der Waals surface area contributed by atoms with Gasteiger partial charge in [0, 0.05) is 31.5 Å². The van der Waals surface area contributed by atoms with Crippen molar-refractivity contribution in [1.29, 1.82) is 0 Å². The van der Waals surface area contributed by atoms with E-state index in [2.05, 4.69) is 44.9 Å². The molecule has 0 spiro atoms. The number of anilines is 2. The largest absolute Gasteiger partial charge is 0.373 e. The smallest absolute Gasteiger partial charge is 0.136 e. The third-order valence-electron chi connectivity index (χ3n) is 4.43. The van der Waals surface area contributed by atoms with Crippen molar-refractivity contribution in [1.82, 2.24) is 9.97 Å². The molecule has 1 aromatic heterocycles. The molecule has 21 heavy (non-hydrogen) atoms. The van der Waals surface area contributed by atoms with Gasteiger partial charge in [-0.25, -0.2) is 9.97 Å². The fraction of sp³-hybridized carbons (Fsp3) is 0.412. The minimum absolute atomic E-state index is 0.572. The van der Waals surface area contributed by atoms with Crippen LogP contribution in [0, 0.1) is 0 Å². The zero-order chi connectivity index (χ0) is 14.2. The van der Waals surface area contributed by atoms with E-state index in [1.165, 1.54) is 30.4 Å². The second-order valence-electron chi connectivity index (χ2n) is 6.00. The number of fused-ring (bicyclic) bond motifs is 1. The molecule has 0 saturated heterocycles. The number of benzene rings is 1. The summed E-state index contributed by atoms with van der Waals surface area (Å²) in [5.41, 5.74) is 2.97. The van der Waals surface area contributed by atoms with Crippen LogP contribution in [-0.2, 0) is 6.42 Å². The Bertz CT molecular complexity index is 664. The van der Waals surface area contributed by atoms with Crippen LogP contribution >= 0.6 is 0 Å². The summed E-state index contributed by atoms with van der Waals surface area (Å²) in [6, 6.07) is 10.7. The fourth-order valence-electron chi connectivity index (χ4n) is 2.98. The minimum Gasteiger partial charge on any atom is -0.373 e. The molecule has 1 unspecified atom stereocenters. The van der Waals surface area contributed by atoms with Gasteiger partial charge in [-0.1, -0.05) is 24.3 Å². The summed E-state index contributed by atoms with van der Waals surface area (Å²) in [5, 5.41) is 6.62. The van der Waals surface area contributed by atoms with Crippen LogP contribution in [-0.4, -0.2) is 23.6 Å². The predicted molar refractivity (Wildman–Crippen MR) is 84.9 cm³/mol. The lowest BCUT2D eigenvalue weighted by molar-refractivity contribution is 0.634. The van der Waals surface area contributed by atoms with Crippen LogP contribution < -0.4 is 10.6 Å². The first-order valence-corrected chi connectivity index (χ1v) is 7.72. The molecule has 4 rings (SSSR count). The van der Waals surface area contributed by atoms with Crippen molar-refractivity contribution < 1.29 is 0 Å². The van der Waals surface area contributed by atoms with Crippen LogP contribution in [0.5, 0.6) is 0 Å².